The summed E-state index contributed by atoms with van der Waals surface area (Å²) < 4.78 is 11.7. The van der Waals surface area contributed by atoms with Crippen molar-refractivity contribution in [2.24, 2.45) is 17.8 Å². The number of carbonyl (C=O) groups excluding carboxylic acids is 1. The van der Waals surface area contributed by atoms with E-state index in [0.29, 0.717) is 48.0 Å². The Morgan fingerprint density at radius 2 is 1.82 bits per heavy atom. The van der Waals surface area contributed by atoms with Gasteiger partial charge >= 0.3 is 5.97 Å². The summed E-state index contributed by atoms with van der Waals surface area (Å²) in [7, 11) is 1.64. The van der Waals surface area contributed by atoms with Crippen LogP contribution in [0.5, 0.6) is 11.6 Å². The van der Waals surface area contributed by atoms with E-state index in [4.69, 9.17) is 9.47 Å². The van der Waals surface area contributed by atoms with E-state index in [1.54, 1.807) is 24.4 Å². The summed E-state index contributed by atoms with van der Waals surface area (Å²) in [6, 6.07) is 13.4. The molecule has 1 unspecified atom stereocenters. The van der Waals surface area contributed by atoms with Crippen molar-refractivity contribution in [2.45, 2.75) is 58.8 Å². The molecule has 3 heterocycles. The van der Waals surface area contributed by atoms with E-state index in [9.17, 15) is 14.7 Å². The minimum absolute atomic E-state index is 0.0131. The van der Waals surface area contributed by atoms with Crippen molar-refractivity contribution >= 4 is 23.4 Å². The van der Waals surface area contributed by atoms with Crippen LogP contribution in [0.1, 0.15) is 73.4 Å². The molecule has 5 rings (SSSR count). The van der Waals surface area contributed by atoms with Crippen molar-refractivity contribution in [3.05, 3.63) is 71.5 Å². The third-order valence-electron chi connectivity index (χ3n) is 8.60. The lowest BCUT2D eigenvalue weighted by molar-refractivity contribution is -0.137. The Kier molecular flexibility index (Phi) is 10.0. The molecule has 1 aliphatic carbocycles. The molecule has 1 saturated carbocycles. The summed E-state index contributed by atoms with van der Waals surface area (Å²) in [4.78, 5) is 38.5. The Labute approximate surface area is 260 Å². The lowest BCUT2D eigenvalue weighted by atomic mass is 9.92. The number of hydrogen-bond acceptors (Lipinski definition) is 7. The Bertz CT molecular complexity index is 1430. The van der Waals surface area contributed by atoms with E-state index < -0.39 is 5.97 Å². The number of aliphatic carboxylic acids is 1. The molecule has 0 spiro atoms. The molecule has 2 aliphatic rings. The molecule has 1 atom stereocenters. The van der Waals surface area contributed by atoms with Crippen molar-refractivity contribution in [2.75, 3.05) is 43.2 Å². The maximum absolute atomic E-state index is 14.1. The lowest BCUT2D eigenvalue weighted by Crippen LogP contribution is -2.39. The fraction of sp³-hybridized carbons (Fsp3) is 0.486. The number of amides is 1. The standard InChI is InChI=1S/C35H44N4O5/c1-23(2)21-39(32-10-5-24(3)20-37-32)35(42)29-9-8-28(43-4)18-31(29)38-15-12-25(13-16-38)22-44-33-17-27(11-14-36-33)30(19-34(40)41)26-6-7-26/h5,8-11,14,17-18,20,23,25-26,30H,6-7,12-13,15-16,19,21-22H2,1-4H3,(H,40,41). The summed E-state index contributed by atoms with van der Waals surface area (Å²) in [6.45, 7) is 8.86. The second kappa shape index (κ2) is 14.1. The monoisotopic (exact) mass is 600 g/mol. The van der Waals surface area contributed by atoms with Crippen LogP contribution in [0, 0.1) is 24.7 Å². The minimum atomic E-state index is -0.770. The fourth-order valence-electron chi connectivity index (χ4n) is 6.01. The molecule has 0 radical (unpaired) electrons. The van der Waals surface area contributed by atoms with E-state index in [0.717, 1.165) is 55.6 Å². The topological polar surface area (TPSA) is 105 Å². The summed E-state index contributed by atoms with van der Waals surface area (Å²) >= 11 is 0. The molecule has 9 nitrogen and oxygen atoms in total. The number of carboxylic acids is 1. The van der Waals surface area contributed by atoms with Crippen molar-refractivity contribution < 1.29 is 24.2 Å². The van der Waals surface area contributed by atoms with Gasteiger partial charge in [-0.3, -0.25) is 14.5 Å². The normalized spacial score (nSPS) is 16.1. The van der Waals surface area contributed by atoms with Gasteiger partial charge in [0.25, 0.3) is 5.91 Å². The molecule has 44 heavy (non-hydrogen) atoms. The van der Waals surface area contributed by atoms with Gasteiger partial charge < -0.3 is 19.5 Å². The number of hydrogen-bond donors (Lipinski definition) is 1. The van der Waals surface area contributed by atoms with Gasteiger partial charge in [0.2, 0.25) is 5.88 Å². The first-order chi connectivity index (χ1) is 21.2. The van der Waals surface area contributed by atoms with Crippen molar-refractivity contribution in [3.63, 3.8) is 0 Å². The number of carbonyl (C=O) groups is 2. The van der Waals surface area contributed by atoms with Gasteiger partial charge in [0.05, 0.1) is 31.4 Å². The minimum Gasteiger partial charge on any atom is -0.497 e. The second-order valence-corrected chi connectivity index (χ2v) is 12.6. The van der Waals surface area contributed by atoms with Crippen LogP contribution in [0.4, 0.5) is 11.5 Å². The van der Waals surface area contributed by atoms with Crippen LogP contribution in [0.25, 0.3) is 0 Å². The van der Waals surface area contributed by atoms with E-state index in [2.05, 4.69) is 28.7 Å². The smallest absolute Gasteiger partial charge is 0.303 e. The molecule has 1 aromatic carbocycles. The summed E-state index contributed by atoms with van der Waals surface area (Å²) in [5.41, 5.74) is 3.55. The molecule has 1 amide bonds. The first kappa shape index (κ1) is 31.3. The maximum Gasteiger partial charge on any atom is 0.303 e. The molecular formula is C35H44N4O5. The van der Waals surface area contributed by atoms with Gasteiger partial charge in [-0.2, -0.15) is 0 Å². The number of carboxylic acid groups (broad SMARTS) is 1. The average Bonchev–Trinajstić information content (AvgIpc) is 3.87. The van der Waals surface area contributed by atoms with Crippen LogP contribution in [-0.4, -0.2) is 60.3 Å². The molecule has 1 aliphatic heterocycles. The number of methoxy groups -OCH3 is 1. The van der Waals surface area contributed by atoms with E-state index in [-0.39, 0.29) is 24.2 Å². The molecule has 3 aromatic rings. The molecule has 1 saturated heterocycles. The fourth-order valence-corrected chi connectivity index (χ4v) is 6.01. The van der Waals surface area contributed by atoms with Crippen molar-refractivity contribution in [1.82, 2.24) is 9.97 Å². The quantitative estimate of drug-likeness (QED) is 0.242. The van der Waals surface area contributed by atoms with Gasteiger partial charge in [0, 0.05) is 44.2 Å². The predicted molar refractivity (Wildman–Crippen MR) is 171 cm³/mol. The molecule has 0 bridgehead atoms. The van der Waals surface area contributed by atoms with Gasteiger partial charge in [0.1, 0.15) is 11.6 Å². The van der Waals surface area contributed by atoms with Crippen LogP contribution in [0.15, 0.2) is 54.9 Å². The van der Waals surface area contributed by atoms with Crippen molar-refractivity contribution in [3.8, 4) is 11.6 Å². The first-order valence-corrected chi connectivity index (χ1v) is 15.7. The highest BCUT2D eigenvalue weighted by atomic mass is 16.5. The van der Waals surface area contributed by atoms with Crippen LogP contribution < -0.4 is 19.3 Å². The maximum atomic E-state index is 14.1. The number of pyridine rings is 2. The zero-order valence-electron chi connectivity index (χ0n) is 26.2. The molecule has 234 valence electrons. The van der Waals surface area contributed by atoms with Crippen LogP contribution in [0.3, 0.4) is 0 Å². The molecule has 2 aromatic heterocycles. The largest absolute Gasteiger partial charge is 0.497 e. The Morgan fingerprint density at radius 3 is 2.45 bits per heavy atom. The number of rotatable bonds is 13. The first-order valence-electron chi connectivity index (χ1n) is 15.7. The van der Waals surface area contributed by atoms with E-state index >= 15 is 0 Å². The summed E-state index contributed by atoms with van der Waals surface area (Å²) in [5, 5.41) is 9.39. The predicted octanol–water partition coefficient (Wildman–Crippen LogP) is 6.36. The summed E-state index contributed by atoms with van der Waals surface area (Å²) in [6.07, 6.45) is 7.62. The van der Waals surface area contributed by atoms with Crippen molar-refractivity contribution in [1.29, 1.82) is 0 Å². The van der Waals surface area contributed by atoms with Gasteiger partial charge in [-0.1, -0.05) is 19.9 Å². The Balaban J connectivity index is 1.26. The van der Waals surface area contributed by atoms with Gasteiger partial charge in [0.15, 0.2) is 0 Å². The van der Waals surface area contributed by atoms with E-state index in [1.165, 1.54) is 0 Å². The molecule has 1 N–H and O–H groups in total. The number of aryl methyl sites for hydroxylation is 1. The molecule has 9 heteroatoms. The summed E-state index contributed by atoms with van der Waals surface area (Å²) in [5.74, 6) is 2.13. The molecular weight excluding hydrogens is 556 g/mol. The SMILES string of the molecule is COc1ccc(C(=O)N(CC(C)C)c2ccc(C)cn2)c(N2CCC(COc3cc(C(CC(=O)O)C4CC4)ccn3)CC2)c1. The third-order valence-corrected chi connectivity index (χ3v) is 8.60. The van der Waals surface area contributed by atoms with Gasteiger partial charge in [-0.15, -0.1) is 0 Å². The van der Waals surface area contributed by atoms with Crippen LogP contribution in [0.2, 0.25) is 0 Å². The highest BCUT2D eigenvalue weighted by Gasteiger charge is 2.34. The zero-order valence-corrected chi connectivity index (χ0v) is 26.2. The number of aromatic nitrogens is 2. The number of anilines is 2. The number of benzene rings is 1. The number of piperidine rings is 1. The van der Waals surface area contributed by atoms with Crippen LogP contribution in [-0.2, 0) is 4.79 Å². The van der Waals surface area contributed by atoms with Crippen LogP contribution >= 0.6 is 0 Å². The van der Waals surface area contributed by atoms with Gasteiger partial charge in [-0.05, 0) is 91.7 Å². The Hall–Kier alpha value is -4.14. The molecule has 2 fully saturated rings. The number of nitrogens with zero attached hydrogens (tertiary/aromatic N) is 4. The number of ether oxygens (including phenoxy) is 2. The average molecular weight is 601 g/mol. The van der Waals surface area contributed by atoms with Gasteiger partial charge in [-0.25, -0.2) is 9.97 Å². The highest BCUT2D eigenvalue weighted by molar-refractivity contribution is 6.09. The second-order valence-electron chi connectivity index (χ2n) is 12.6. The van der Waals surface area contributed by atoms with E-state index in [1.807, 2.05) is 49.4 Å². The Morgan fingerprint density at radius 1 is 1.05 bits per heavy atom. The zero-order chi connectivity index (χ0) is 31.2. The highest BCUT2D eigenvalue weighted by Crippen LogP contribution is 2.45. The third kappa shape index (κ3) is 7.87. The lowest BCUT2D eigenvalue weighted by Gasteiger charge is -2.35.